The van der Waals surface area contributed by atoms with Crippen LogP contribution in [-0.2, 0) is 4.74 Å². The molecule has 1 rings (SSSR count). The van der Waals surface area contributed by atoms with Crippen LogP contribution in [0.5, 0.6) is 5.88 Å². The van der Waals surface area contributed by atoms with E-state index in [0.29, 0.717) is 30.1 Å². The van der Waals surface area contributed by atoms with Gasteiger partial charge in [0.15, 0.2) is 0 Å². The molecule has 1 heterocycles. The molecule has 17 heavy (non-hydrogen) atoms. The first-order valence-corrected chi connectivity index (χ1v) is 6.26. The molecule has 0 radical (unpaired) electrons. The fourth-order valence-corrected chi connectivity index (χ4v) is 1.38. The van der Waals surface area contributed by atoms with Crippen molar-refractivity contribution in [1.82, 2.24) is 9.97 Å². The second-order valence-electron chi connectivity index (χ2n) is 4.00. The Labute approximate surface area is 107 Å². The lowest BCUT2D eigenvalue weighted by Crippen LogP contribution is -2.09. The summed E-state index contributed by atoms with van der Waals surface area (Å²) < 4.78 is 10.8. The van der Waals surface area contributed by atoms with Crippen LogP contribution in [0.3, 0.4) is 0 Å². The third kappa shape index (κ3) is 5.33. The monoisotopic (exact) mass is 258 g/mol. The minimum Gasteiger partial charge on any atom is -0.475 e. The Bertz CT molecular complexity index is 345. The van der Waals surface area contributed by atoms with Crippen LogP contribution in [0.25, 0.3) is 0 Å². The lowest BCUT2D eigenvalue weighted by molar-refractivity contribution is 0.0988. The highest BCUT2D eigenvalue weighted by Crippen LogP contribution is 2.18. The van der Waals surface area contributed by atoms with Crippen molar-refractivity contribution >= 4 is 11.6 Å². The summed E-state index contributed by atoms with van der Waals surface area (Å²) in [5, 5.41) is 0.410. The number of rotatable bonds is 7. The Morgan fingerprint density at radius 1 is 1.24 bits per heavy atom. The van der Waals surface area contributed by atoms with Gasteiger partial charge < -0.3 is 9.47 Å². The van der Waals surface area contributed by atoms with Gasteiger partial charge in [-0.15, -0.1) is 0 Å². The Morgan fingerprint density at radius 3 is 2.65 bits per heavy atom. The van der Waals surface area contributed by atoms with E-state index in [4.69, 9.17) is 21.1 Å². The number of hydrogen-bond donors (Lipinski definition) is 0. The standard InChI is InChI=1S/C12H19ClN2O2/c1-4-5-16-6-7-17-11-8-10(13)14-12(15-11)9(2)3/h8-9H,4-7H2,1-3H3. The van der Waals surface area contributed by atoms with Crippen LogP contribution in [0.2, 0.25) is 5.15 Å². The van der Waals surface area contributed by atoms with Crippen LogP contribution in [0.15, 0.2) is 6.07 Å². The van der Waals surface area contributed by atoms with Gasteiger partial charge in [0.2, 0.25) is 5.88 Å². The minimum absolute atomic E-state index is 0.229. The summed E-state index contributed by atoms with van der Waals surface area (Å²) in [6, 6.07) is 1.62. The van der Waals surface area contributed by atoms with Crippen molar-refractivity contribution in [2.45, 2.75) is 33.1 Å². The van der Waals surface area contributed by atoms with Gasteiger partial charge in [0.1, 0.15) is 17.6 Å². The van der Waals surface area contributed by atoms with E-state index < -0.39 is 0 Å². The molecule has 0 bridgehead atoms. The maximum absolute atomic E-state index is 5.89. The molecule has 0 aromatic carbocycles. The molecule has 0 aliphatic heterocycles. The molecule has 0 aliphatic rings. The molecular formula is C12H19ClN2O2. The van der Waals surface area contributed by atoms with E-state index in [9.17, 15) is 0 Å². The zero-order valence-electron chi connectivity index (χ0n) is 10.6. The summed E-state index contributed by atoms with van der Waals surface area (Å²) in [5.74, 6) is 1.43. The maximum Gasteiger partial charge on any atom is 0.218 e. The van der Waals surface area contributed by atoms with Crippen LogP contribution in [0.4, 0.5) is 0 Å². The van der Waals surface area contributed by atoms with Crippen LogP contribution >= 0.6 is 11.6 Å². The summed E-state index contributed by atoms with van der Waals surface area (Å²) in [7, 11) is 0. The molecule has 0 aliphatic carbocycles. The van der Waals surface area contributed by atoms with Crippen molar-refractivity contribution in [2.75, 3.05) is 19.8 Å². The van der Waals surface area contributed by atoms with Gasteiger partial charge in [0.25, 0.3) is 0 Å². The molecule has 1 aromatic heterocycles. The van der Waals surface area contributed by atoms with E-state index >= 15 is 0 Å². The maximum atomic E-state index is 5.89. The Kier molecular flexibility index (Phi) is 6.22. The molecule has 0 fully saturated rings. The molecule has 5 heteroatoms. The highest BCUT2D eigenvalue weighted by atomic mass is 35.5. The molecule has 4 nitrogen and oxygen atoms in total. The van der Waals surface area contributed by atoms with E-state index in [-0.39, 0.29) is 5.92 Å². The van der Waals surface area contributed by atoms with Gasteiger partial charge in [-0.2, -0.15) is 4.98 Å². The van der Waals surface area contributed by atoms with E-state index in [2.05, 4.69) is 16.9 Å². The van der Waals surface area contributed by atoms with E-state index in [1.165, 1.54) is 0 Å². The lowest BCUT2D eigenvalue weighted by Gasteiger charge is -2.09. The number of aromatic nitrogens is 2. The predicted octanol–water partition coefficient (Wildman–Crippen LogP) is 3.06. The number of nitrogens with zero attached hydrogens (tertiary/aromatic N) is 2. The number of halogens is 1. The molecule has 96 valence electrons. The summed E-state index contributed by atoms with van der Waals surface area (Å²) in [6.45, 7) is 7.89. The third-order valence-corrected chi connectivity index (χ3v) is 2.22. The average Bonchev–Trinajstić information content (AvgIpc) is 2.28. The SMILES string of the molecule is CCCOCCOc1cc(Cl)nc(C(C)C)n1. The van der Waals surface area contributed by atoms with Crippen LogP contribution < -0.4 is 4.74 Å². The molecule has 1 aromatic rings. The molecule has 0 atom stereocenters. The summed E-state index contributed by atoms with van der Waals surface area (Å²) in [4.78, 5) is 8.41. The van der Waals surface area contributed by atoms with Crippen molar-refractivity contribution in [3.05, 3.63) is 17.0 Å². The first-order chi connectivity index (χ1) is 8.13. The first kappa shape index (κ1) is 14.2. The van der Waals surface area contributed by atoms with Gasteiger partial charge in [-0.05, 0) is 6.42 Å². The van der Waals surface area contributed by atoms with Gasteiger partial charge in [0.05, 0.1) is 6.61 Å². The van der Waals surface area contributed by atoms with Gasteiger partial charge in [-0.1, -0.05) is 32.4 Å². The lowest BCUT2D eigenvalue weighted by atomic mass is 10.2. The largest absolute Gasteiger partial charge is 0.475 e. The number of ether oxygens (including phenoxy) is 2. The van der Waals surface area contributed by atoms with E-state index in [0.717, 1.165) is 13.0 Å². The van der Waals surface area contributed by atoms with Crippen molar-refractivity contribution < 1.29 is 9.47 Å². The van der Waals surface area contributed by atoms with Gasteiger partial charge in [0, 0.05) is 18.6 Å². The summed E-state index contributed by atoms with van der Waals surface area (Å²) in [5.41, 5.74) is 0. The van der Waals surface area contributed by atoms with Crippen LogP contribution in [0, 0.1) is 0 Å². The van der Waals surface area contributed by atoms with Crippen molar-refractivity contribution in [3.63, 3.8) is 0 Å². The zero-order chi connectivity index (χ0) is 12.7. The van der Waals surface area contributed by atoms with Crippen molar-refractivity contribution in [1.29, 1.82) is 0 Å². The average molecular weight is 259 g/mol. The smallest absolute Gasteiger partial charge is 0.218 e. The Morgan fingerprint density at radius 2 is 2.00 bits per heavy atom. The fraction of sp³-hybridized carbons (Fsp3) is 0.667. The highest BCUT2D eigenvalue weighted by molar-refractivity contribution is 6.29. The predicted molar refractivity (Wildman–Crippen MR) is 67.7 cm³/mol. The fourth-order valence-electron chi connectivity index (χ4n) is 1.20. The molecule has 0 saturated heterocycles. The van der Waals surface area contributed by atoms with Gasteiger partial charge in [-0.25, -0.2) is 4.98 Å². The minimum atomic E-state index is 0.229. The zero-order valence-corrected chi connectivity index (χ0v) is 11.3. The topological polar surface area (TPSA) is 44.2 Å². The molecule has 0 unspecified atom stereocenters. The quantitative estimate of drug-likeness (QED) is 0.557. The Hall–Kier alpha value is -0.870. The summed E-state index contributed by atoms with van der Waals surface area (Å²) >= 11 is 5.89. The summed E-state index contributed by atoms with van der Waals surface area (Å²) in [6.07, 6.45) is 1.01. The molecule has 0 saturated carbocycles. The van der Waals surface area contributed by atoms with Crippen molar-refractivity contribution in [2.24, 2.45) is 0 Å². The molecule has 0 spiro atoms. The van der Waals surface area contributed by atoms with Crippen LogP contribution in [-0.4, -0.2) is 29.8 Å². The van der Waals surface area contributed by atoms with Gasteiger partial charge >= 0.3 is 0 Å². The van der Waals surface area contributed by atoms with Crippen LogP contribution in [0.1, 0.15) is 38.9 Å². The second-order valence-corrected chi connectivity index (χ2v) is 4.39. The molecule has 0 amide bonds. The van der Waals surface area contributed by atoms with E-state index in [1.54, 1.807) is 6.07 Å². The highest BCUT2D eigenvalue weighted by Gasteiger charge is 2.07. The van der Waals surface area contributed by atoms with E-state index in [1.807, 2.05) is 13.8 Å². The first-order valence-electron chi connectivity index (χ1n) is 5.88. The van der Waals surface area contributed by atoms with Crippen molar-refractivity contribution in [3.8, 4) is 5.88 Å². The number of hydrogen-bond acceptors (Lipinski definition) is 4. The normalized spacial score (nSPS) is 10.9. The molecule has 0 N–H and O–H groups in total. The third-order valence-electron chi connectivity index (χ3n) is 2.03. The molecular weight excluding hydrogens is 240 g/mol. The second kappa shape index (κ2) is 7.45. The van der Waals surface area contributed by atoms with Gasteiger partial charge in [-0.3, -0.25) is 0 Å². The Balaban J connectivity index is 2.47.